The van der Waals surface area contributed by atoms with Crippen molar-refractivity contribution in [2.45, 2.75) is 12.5 Å². The van der Waals surface area contributed by atoms with E-state index in [-0.39, 0.29) is 0 Å². The Hall–Kier alpha value is -0.160. The fourth-order valence-electron chi connectivity index (χ4n) is 2.40. The van der Waals surface area contributed by atoms with Gasteiger partial charge in [-0.05, 0) is 6.42 Å². The lowest BCUT2D eigenvalue weighted by atomic mass is 9.94. The number of rotatable bonds is 2. The molecule has 0 amide bonds. The lowest BCUT2D eigenvalue weighted by molar-refractivity contribution is -0.0370. The second kappa shape index (κ2) is 5.07. The van der Waals surface area contributed by atoms with Crippen LogP contribution in [0.1, 0.15) is 6.42 Å². The van der Waals surface area contributed by atoms with Crippen molar-refractivity contribution in [3.63, 3.8) is 0 Å². The molecule has 2 heterocycles. The predicted molar refractivity (Wildman–Crippen MR) is 54.2 cm³/mol. The number of hydrogen-bond donors (Lipinski definition) is 2. The van der Waals surface area contributed by atoms with Crippen LogP contribution in [-0.2, 0) is 4.74 Å². The van der Waals surface area contributed by atoms with Gasteiger partial charge in [0.05, 0.1) is 6.61 Å². The molecule has 0 saturated carbocycles. The molecule has 4 heteroatoms. The number of nitrogens with zero attached hydrogens (tertiary/aromatic N) is 1. The van der Waals surface area contributed by atoms with Crippen LogP contribution in [0.4, 0.5) is 0 Å². The van der Waals surface area contributed by atoms with Crippen LogP contribution in [0.5, 0.6) is 0 Å². The topological polar surface area (TPSA) is 44.7 Å². The van der Waals surface area contributed by atoms with E-state index in [1.54, 1.807) is 0 Å². The zero-order valence-electron chi connectivity index (χ0n) is 8.61. The van der Waals surface area contributed by atoms with E-state index in [1.165, 1.54) is 0 Å². The maximum atomic E-state index is 9.29. The monoisotopic (exact) mass is 200 g/mol. The molecule has 2 aliphatic heterocycles. The van der Waals surface area contributed by atoms with Crippen molar-refractivity contribution < 1.29 is 9.84 Å². The fourth-order valence-corrected chi connectivity index (χ4v) is 2.40. The molecule has 0 spiro atoms. The third-order valence-corrected chi connectivity index (χ3v) is 3.32. The molecule has 2 fully saturated rings. The van der Waals surface area contributed by atoms with Gasteiger partial charge in [-0.2, -0.15) is 0 Å². The quantitative estimate of drug-likeness (QED) is 0.618. The summed E-state index contributed by atoms with van der Waals surface area (Å²) >= 11 is 0. The van der Waals surface area contributed by atoms with Crippen LogP contribution in [0, 0.1) is 5.92 Å². The number of aliphatic hydroxyl groups excluding tert-OH is 1. The molecule has 0 aromatic rings. The van der Waals surface area contributed by atoms with E-state index in [1.807, 2.05) is 0 Å². The van der Waals surface area contributed by atoms with E-state index in [0.717, 1.165) is 45.8 Å². The van der Waals surface area contributed by atoms with Gasteiger partial charge in [-0.3, -0.25) is 4.90 Å². The summed E-state index contributed by atoms with van der Waals surface area (Å²) in [5, 5.41) is 12.6. The van der Waals surface area contributed by atoms with Crippen LogP contribution in [0.15, 0.2) is 0 Å². The van der Waals surface area contributed by atoms with Gasteiger partial charge in [-0.1, -0.05) is 0 Å². The Morgan fingerprint density at radius 2 is 2.14 bits per heavy atom. The predicted octanol–water partition coefficient (Wildman–Crippen LogP) is -0.711. The molecule has 2 aliphatic rings. The Labute approximate surface area is 85.2 Å². The molecule has 0 aromatic carbocycles. The third kappa shape index (κ3) is 2.25. The van der Waals surface area contributed by atoms with Crippen LogP contribution >= 0.6 is 0 Å². The molecule has 82 valence electrons. The minimum absolute atomic E-state index is 0.304. The Balaban J connectivity index is 1.91. The van der Waals surface area contributed by atoms with E-state index >= 15 is 0 Å². The van der Waals surface area contributed by atoms with Gasteiger partial charge in [-0.25, -0.2) is 0 Å². The summed E-state index contributed by atoms with van der Waals surface area (Å²) in [6.45, 7) is 6.22. The first kappa shape index (κ1) is 10.4. The van der Waals surface area contributed by atoms with Gasteiger partial charge in [0.25, 0.3) is 0 Å². The van der Waals surface area contributed by atoms with Crippen molar-refractivity contribution in [1.29, 1.82) is 0 Å². The smallest absolute Gasteiger partial charge is 0.0625 e. The lowest BCUT2D eigenvalue weighted by Gasteiger charge is -2.41. The Bertz CT molecular complexity index is 172. The maximum absolute atomic E-state index is 9.29. The molecule has 2 atom stereocenters. The normalized spacial score (nSPS) is 35.8. The summed E-state index contributed by atoms with van der Waals surface area (Å²) in [5.41, 5.74) is 0. The molecule has 0 radical (unpaired) electrons. The first-order valence-corrected chi connectivity index (χ1v) is 5.55. The Kier molecular flexibility index (Phi) is 3.75. The summed E-state index contributed by atoms with van der Waals surface area (Å²) in [7, 11) is 0. The van der Waals surface area contributed by atoms with Crippen LogP contribution in [0.2, 0.25) is 0 Å². The first-order valence-electron chi connectivity index (χ1n) is 5.55. The van der Waals surface area contributed by atoms with E-state index in [4.69, 9.17) is 4.74 Å². The average molecular weight is 200 g/mol. The molecule has 0 aromatic heterocycles. The summed E-state index contributed by atoms with van der Waals surface area (Å²) in [4.78, 5) is 2.45. The third-order valence-electron chi connectivity index (χ3n) is 3.32. The molecule has 0 aliphatic carbocycles. The van der Waals surface area contributed by atoms with E-state index < -0.39 is 0 Å². The minimum atomic E-state index is 0.304. The second-order valence-electron chi connectivity index (χ2n) is 4.16. The molecule has 4 nitrogen and oxygen atoms in total. The number of nitrogens with one attached hydrogen (secondary N) is 1. The van der Waals surface area contributed by atoms with Crippen molar-refractivity contribution in [1.82, 2.24) is 10.2 Å². The second-order valence-corrected chi connectivity index (χ2v) is 4.16. The average Bonchev–Trinajstić information content (AvgIpc) is 2.30. The fraction of sp³-hybridized carbons (Fsp3) is 1.00. The highest BCUT2D eigenvalue weighted by atomic mass is 16.5. The highest BCUT2D eigenvalue weighted by molar-refractivity contribution is 4.84. The molecular weight excluding hydrogens is 180 g/mol. The highest BCUT2D eigenvalue weighted by Crippen LogP contribution is 2.20. The number of aliphatic hydroxyl groups is 1. The largest absolute Gasteiger partial charge is 0.396 e. The Morgan fingerprint density at radius 1 is 1.36 bits per heavy atom. The Morgan fingerprint density at radius 3 is 2.86 bits per heavy atom. The standard InChI is InChI=1S/C10H20N2O2/c13-7-9-1-6-14-8-10(9)12-4-2-11-3-5-12/h9-11,13H,1-8H2. The van der Waals surface area contributed by atoms with Gasteiger partial charge in [0.15, 0.2) is 0 Å². The van der Waals surface area contributed by atoms with Gasteiger partial charge in [0.1, 0.15) is 0 Å². The molecule has 2 saturated heterocycles. The molecule has 2 rings (SSSR count). The molecule has 2 N–H and O–H groups in total. The zero-order chi connectivity index (χ0) is 9.80. The number of piperazine rings is 1. The van der Waals surface area contributed by atoms with Gasteiger partial charge in [0.2, 0.25) is 0 Å². The van der Waals surface area contributed by atoms with E-state index in [9.17, 15) is 5.11 Å². The molecule has 14 heavy (non-hydrogen) atoms. The van der Waals surface area contributed by atoms with E-state index in [0.29, 0.717) is 18.6 Å². The van der Waals surface area contributed by atoms with Crippen LogP contribution < -0.4 is 5.32 Å². The van der Waals surface area contributed by atoms with Crippen LogP contribution in [0.25, 0.3) is 0 Å². The molecule has 2 unspecified atom stereocenters. The highest BCUT2D eigenvalue weighted by Gasteiger charge is 2.30. The summed E-state index contributed by atoms with van der Waals surface area (Å²) < 4.78 is 5.49. The minimum Gasteiger partial charge on any atom is -0.396 e. The molecule has 0 bridgehead atoms. The van der Waals surface area contributed by atoms with Crippen molar-refractivity contribution in [3.05, 3.63) is 0 Å². The van der Waals surface area contributed by atoms with E-state index in [2.05, 4.69) is 10.2 Å². The van der Waals surface area contributed by atoms with Gasteiger partial charge < -0.3 is 15.2 Å². The van der Waals surface area contributed by atoms with Crippen molar-refractivity contribution >= 4 is 0 Å². The van der Waals surface area contributed by atoms with Crippen LogP contribution in [0.3, 0.4) is 0 Å². The van der Waals surface area contributed by atoms with Gasteiger partial charge in [0, 0.05) is 51.4 Å². The maximum Gasteiger partial charge on any atom is 0.0625 e. The summed E-state index contributed by atoms with van der Waals surface area (Å²) in [6, 6.07) is 0.441. The van der Waals surface area contributed by atoms with Crippen LogP contribution in [-0.4, -0.2) is 62.0 Å². The van der Waals surface area contributed by atoms with Crippen molar-refractivity contribution in [2.75, 3.05) is 46.0 Å². The molecular formula is C10H20N2O2. The summed E-state index contributed by atoms with van der Waals surface area (Å²) in [5.74, 6) is 0.418. The number of ether oxygens (including phenoxy) is 1. The van der Waals surface area contributed by atoms with Crippen molar-refractivity contribution in [3.8, 4) is 0 Å². The SMILES string of the molecule is OCC1CCOCC1N1CCNCC1. The lowest BCUT2D eigenvalue weighted by Crippen LogP contribution is -2.54. The first-order chi connectivity index (χ1) is 6.92. The zero-order valence-corrected chi connectivity index (χ0v) is 8.61. The summed E-state index contributed by atoms with van der Waals surface area (Å²) in [6.07, 6.45) is 1.01. The van der Waals surface area contributed by atoms with Gasteiger partial charge in [-0.15, -0.1) is 0 Å². The van der Waals surface area contributed by atoms with Crippen molar-refractivity contribution in [2.24, 2.45) is 5.92 Å². The van der Waals surface area contributed by atoms with Gasteiger partial charge >= 0.3 is 0 Å². The number of hydrogen-bond acceptors (Lipinski definition) is 4.